The van der Waals surface area contributed by atoms with Gasteiger partial charge >= 0.3 is 0 Å². The van der Waals surface area contributed by atoms with Gasteiger partial charge in [0, 0.05) is 34.6 Å². The number of nitrogens with one attached hydrogen (secondary N) is 1. The van der Waals surface area contributed by atoms with Gasteiger partial charge in [0.05, 0.1) is 6.04 Å². The van der Waals surface area contributed by atoms with Crippen LogP contribution >= 0.6 is 0 Å². The molecule has 1 aromatic carbocycles. The van der Waals surface area contributed by atoms with Crippen LogP contribution in [0.1, 0.15) is 30.6 Å². The lowest BCUT2D eigenvalue weighted by Crippen LogP contribution is -2.63. The molecule has 4 aliphatic rings. The Hall–Kier alpha value is -1.87. The van der Waals surface area contributed by atoms with Gasteiger partial charge in [-0.1, -0.05) is 30.4 Å². The molecule has 4 aliphatic heterocycles. The Labute approximate surface area is 130 Å². The summed E-state index contributed by atoms with van der Waals surface area (Å²) >= 11 is 0. The summed E-state index contributed by atoms with van der Waals surface area (Å²) in [7, 11) is 0. The lowest BCUT2D eigenvalue weighted by molar-refractivity contribution is -0.124. The maximum atomic E-state index is 11.7. The highest BCUT2D eigenvalue weighted by molar-refractivity contribution is 5.85. The van der Waals surface area contributed by atoms with Gasteiger partial charge in [0.2, 0.25) is 0 Å². The van der Waals surface area contributed by atoms with Gasteiger partial charge in [0.1, 0.15) is 6.29 Å². The second kappa shape index (κ2) is 4.11. The van der Waals surface area contributed by atoms with Crippen LogP contribution in [-0.2, 0) is 11.2 Å². The van der Waals surface area contributed by atoms with Crippen LogP contribution < -0.4 is 0 Å². The second-order valence-corrected chi connectivity index (χ2v) is 7.10. The molecular weight excluding hydrogens is 272 g/mol. The molecule has 0 aliphatic carbocycles. The second-order valence-electron chi connectivity index (χ2n) is 7.10. The highest BCUT2D eigenvalue weighted by Gasteiger charge is 2.55. The number of aromatic amines is 1. The van der Waals surface area contributed by atoms with Crippen molar-refractivity contribution < 1.29 is 4.79 Å². The first-order chi connectivity index (χ1) is 10.7. The van der Waals surface area contributed by atoms with Crippen molar-refractivity contribution in [2.75, 3.05) is 0 Å². The minimum atomic E-state index is 0.113. The molecule has 0 saturated carbocycles. The number of aromatic nitrogens is 1. The highest BCUT2D eigenvalue weighted by Crippen LogP contribution is 2.55. The lowest BCUT2D eigenvalue weighted by atomic mass is 9.62. The molecule has 2 unspecified atom stereocenters. The number of fused-ring (bicyclic) bond motifs is 4. The van der Waals surface area contributed by atoms with Crippen molar-refractivity contribution in [3.8, 4) is 0 Å². The third-order valence-corrected chi connectivity index (χ3v) is 6.34. The van der Waals surface area contributed by atoms with Gasteiger partial charge in [-0.2, -0.15) is 0 Å². The normalized spacial score (nSPS) is 39.0. The summed E-state index contributed by atoms with van der Waals surface area (Å²) in [4.78, 5) is 18.0. The Bertz CT molecular complexity index is 805. The van der Waals surface area contributed by atoms with Gasteiger partial charge in [0.25, 0.3) is 0 Å². The number of nitrogens with zero attached hydrogens (tertiary/aromatic N) is 1. The number of rotatable bonds is 1. The van der Waals surface area contributed by atoms with E-state index >= 15 is 0 Å². The number of para-hydroxylation sites is 1. The molecule has 2 aromatic rings. The first-order valence-corrected chi connectivity index (χ1v) is 8.21. The van der Waals surface area contributed by atoms with Crippen molar-refractivity contribution in [2.24, 2.45) is 11.8 Å². The van der Waals surface area contributed by atoms with E-state index in [1.54, 1.807) is 0 Å². The number of aldehydes is 1. The number of hydrogen-bond donors (Lipinski definition) is 1. The molecular formula is C19H20N2O. The summed E-state index contributed by atoms with van der Waals surface area (Å²) < 4.78 is 0. The molecule has 3 fully saturated rings. The van der Waals surface area contributed by atoms with Crippen LogP contribution in [-0.4, -0.2) is 28.3 Å². The lowest BCUT2D eigenvalue weighted by Gasteiger charge is -2.60. The number of piperidine rings is 3. The fourth-order valence-electron chi connectivity index (χ4n) is 5.30. The summed E-state index contributed by atoms with van der Waals surface area (Å²) in [5.74, 6) is 0.467. The van der Waals surface area contributed by atoms with Crippen LogP contribution in [0.25, 0.3) is 10.9 Å². The maximum absolute atomic E-state index is 11.7. The molecule has 1 aromatic heterocycles. The quantitative estimate of drug-likeness (QED) is 0.647. The number of H-pyrrole nitrogens is 1. The molecule has 0 radical (unpaired) electrons. The van der Waals surface area contributed by atoms with Gasteiger partial charge in [-0.25, -0.2) is 0 Å². The van der Waals surface area contributed by atoms with Crippen LogP contribution in [0.3, 0.4) is 0 Å². The average Bonchev–Trinajstić information content (AvgIpc) is 2.90. The predicted octanol–water partition coefficient (Wildman–Crippen LogP) is 3.23. The smallest absolute Gasteiger partial charge is 0.125 e. The molecule has 112 valence electrons. The van der Waals surface area contributed by atoms with Crippen LogP contribution in [0.4, 0.5) is 0 Å². The van der Waals surface area contributed by atoms with E-state index in [0.29, 0.717) is 24.0 Å². The predicted molar refractivity (Wildman–Crippen MR) is 86.6 cm³/mol. The maximum Gasteiger partial charge on any atom is 0.125 e. The van der Waals surface area contributed by atoms with Crippen molar-refractivity contribution in [2.45, 2.75) is 37.9 Å². The van der Waals surface area contributed by atoms with E-state index in [-0.39, 0.29) is 5.92 Å². The van der Waals surface area contributed by atoms with Gasteiger partial charge in [0.15, 0.2) is 0 Å². The molecule has 0 spiro atoms. The van der Waals surface area contributed by atoms with Crippen molar-refractivity contribution in [3.63, 3.8) is 0 Å². The Kier molecular flexibility index (Phi) is 2.36. The van der Waals surface area contributed by atoms with E-state index in [1.807, 2.05) is 0 Å². The minimum Gasteiger partial charge on any atom is -0.357 e. The number of carbonyl (C=O) groups is 1. The number of carbonyl (C=O) groups excluding carboxylic acids is 1. The zero-order valence-electron chi connectivity index (χ0n) is 12.8. The molecule has 4 bridgehead atoms. The summed E-state index contributed by atoms with van der Waals surface area (Å²) in [6.45, 7) is 6.54. The van der Waals surface area contributed by atoms with Crippen LogP contribution in [0.5, 0.6) is 0 Å². The van der Waals surface area contributed by atoms with Crippen LogP contribution in [0.15, 0.2) is 36.4 Å². The fraction of sp³-hybridized carbons (Fsp3) is 0.421. The van der Waals surface area contributed by atoms with E-state index in [2.05, 4.69) is 47.7 Å². The van der Waals surface area contributed by atoms with E-state index in [1.165, 1.54) is 34.0 Å². The van der Waals surface area contributed by atoms with Gasteiger partial charge < -0.3 is 9.78 Å². The zero-order chi connectivity index (χ0) is 15.0. The summed E-state index contributed by atoms with van der Waals surface area (Å²) in [5.41, 5.74) is 5.30. The summed E-state index contributed by atoms with van der Waals surface area (Å²) in [6.07, 6.45) is 3.20. The van der Waals surface area contributed by atoms with Crippen molar-refractivity contribution in [3.05, 3.63) is 47.7 Å². The third-order valence-electron chi connectivity index (χ3n) is 6.34. The van der Waals surface area contributed by atoms with Gasteiger partial charge in [-0.3, -0.25) is 4.90 Å². The van der Waals surface area contributed by atoms with Crippen LogP contribution in [0, 0.1) is 11.8 Å². The molecule has 6 rings (SSSR count). The molecule has 6 atom stereocenters. The monoisotopic (exact) mass is 292 g/mol. The van der Waals surface area contributed by atoms with E-state index in [9.17, 15) is 4.79 Å². The number of benzene rings is 1. The van der Waals surface area contributed by atoms with Crippen molar-refractivity contribution in [1.29, 1.82) is 0 Å². The Balaban J connectivity index is 1.74. The van der Waals surface area contributed by atoms with Gasteiger partial charge in [-0.15, -0.1) is 0 Å². The van der Waals surface area contributed by atoms with Crippen molar-refractivity contribution in [1.82, 2.24) is 9.88 Å². The molecule has 22 heavy (non-hydrogen) atoms. The Morgan fingerprint density at radius 1 is 1.36 bits per heavy atom. The Morgan fingerprint density at radius 3 is 3.00 bits per heavy atom. The molecule has 3 saturated heterocycles. The minimum absolute atomic E-state index is 0.113. The largest absolute Gasteiger partial charge is 0.357 e. The first kappa shape index (κ1) is 12.7. The van der Waals surface area contributed by atoms with Gasteiger partial charge in [-0.05, 0) is 37.3 Å². The fourth-order valence-corrected chi connectivity index (χ4v) is 5.30. The van der Waals surface area contributed by atoms with Crippen molar-refractivity contribution >= 4 is 17.2 Å². The van der Waals surface area contributed by atoms with E-state index in [0.717, 1.165) is 12.8 Å². The molecule has 5 heterocycles. The topological polar surface area (TPSA) is 36.1 Å². The molecule has 0 amide bonds. The first-order valence-electron chi connectivity index (χ1n) is 8.21. The Morgan fingerprint density at radius 2 is 2.18 bits per heavy atom. The summed E-state index contributed by atoms with van der Waals surface area (Å²) in [5, 5.41) is 1.34. The summed E-state index contributed by atoms with van der Waals surface area (Å²) in [6, 6.07) is 9.69. The third kappa shape index (κ3) is 1.33. The average molecular weight is 292 g/mol. The standard InChI is InChI=1S/C19H20N2O/c1-10-11(2)21-17-8-14-12-5-3-4-6-16(12)20-19(14)18(21)7-13(10)15(17)9-22/h3-6,9,11,13,15,17-18,20H,1,7-8H2,2H3/t11-,13?,15+,17-,18-/m0/s1. The molecule has 3 heteroatoms. The zero-order valence-corrected chi connectivity index (χ0v) is 12.8. The van der Waals surface area contributed by atoms with E-state index in [4.69, 9.17) is 0 Å². The highest BCUT2D eigenvalue weighted by atomic mass is 16.1. The number of hydrogen-bond acceptors (Lipinski definition) is 2. The molecule has 1 N–H and O–H groups in total. The molecule has 3 nitrogen and oxygen atoms in total. The van der Waals surface area contributed by atoms with E-state index < -0.39 is 0 Å². The van der Waals surface area contributed by atoms with Crippen LogP contribution in [0.2, 0.25) is 0 Å². The SMILES string of the molecule is C=C1C2C[C@H]3c4[nH]c5ccccc5c4C[C@@H]([C@@H]2C=O)N3[C@H]1C.